The Kier molecular flexibility index (Phi) is 4.15. The SMILES string of the molecule is O=C(N[C@@H]1CCNC1)c1ccc(Br)c(C(F)(F)F)c1. The van der Waals surface area contributed by atoms with Crippen molar-refractivity contribution in [3.63, 3.8) is 0 Å². The molecular weight excluding hydrogens is 325 g/mol. The third kappa shape index (κ3) is 3.48. The maximum absolute atomic E-state index is 12.7. The monoisotopic (exact) mass is 336 g/mol. The fourth-order valence-electron chi connectivity index (χ4n) is 1.93. The molecule has 1 amide bonds. The predicted molar refractivity (Wildman–Crippen MR) is 67.9 cm³/mol. The van der Waals surface area contributed by atoms with Crippen LogP contribution in [-0.2, 0) is 6.18 Å². The van der Waals surface area contributed by atoms with Crippen LogP contribution in [0.2, 0.25) is 0 Å². The molecule has 0 aliphatic carbocycles. The van der Waals surface area contributed by atoms with Gasteiger partial charge in [-0.05, 0) is 31.2 Å². The number of alkyl halides is 3. The van der Waals surface area contributed by atoms with Gasteiger partial charge < -0.3 is 10.6 Å². The number of carbonyl (C=O) groups excluding carboxylic acids is 1. The molecule has 3 nitrogen and oxygen atoms in total. The first kappa shape index (κ1) is 14.3. The van der Waals surface area contributed by atoms with Crippen LogP contribution < -0.4 is 10.6 Å². The van der Waals surface area contributed by atoms with Gasteiger partial charge in [0.1, 0.15) is 0 Å². The van der Waals surface area contributed by atoms with E-state index in [-0.39, 0.29) is 16.1 Å². The van der Waals surface area contributed by atoms with Crippen LogP contribution in [0.4, 0.5) is 13.2 Å². The summed E-state index contributed by atoms with van der Waals surface area (Å²) in [6.45, 7) is 1.45. The highest BCUT2D eigenvalue weighted by Crippen LogP contribution is 2.35. The van der Waals surface area contributed by atoms with Gasteiger partial charge in [-0.15, -0.1) is 0 Å². The predicted octanol–water partition coefficient (Wildman–Crippen LogP) is 2.56. The van der Waals surface area contributed by atoms with Crippen molar-refractivity contribution in [2.24, 2.45) is 0 Å². The molecule has 1 aliphatic heterocycles. The molecule has 104 valence electrons. The molecule has 0 aromatic heterocycles. The van der Waals surface area contributed by atoms with E-state index >= 15 is 0 Å². The fraction of sp³-hybridized carbons (Fsp3) is 0.417. The first-order chi connectivity index (χ1) is 8.88. The van der Waals surface area contributed by atoms with Crippen molar-refractivity contribution < 1.29 is 18.0 Å². The Morgan fingerprint density at radius 1 is 1.42 bits per heavy atom. The van der Waals surface area contributed by atoms with Gasteiger partial charge in [-0.3, -0.25) is 4.79 Å². The topological polar surface area (TPSA) is 41.1 Å². The Morgan fingerprint density at radius 3 is 2.74 bits per heavy atom. The highest BCUT2D eigenvalue weighted by Gasteiger charge is 2.33. The van der Waals surface area contributed by atoms with Gasteiger partial charge in [0.15, 0.2) is 0 Å². The third-order valence-corrected chi connectivity index (χ3v) is 3.62. The molecule has 0 spiro atoms. The fourth-order valence-corrected chi connectivity index (χ4v) is 2.40. The Labute approximate surface area is 116 Å². The number of rotatable bonds is 2. The number of nitrogens with one attached hydrogen (secondary N) is 2. The summed E-state index contributed by atoms with van der Waals surface area (Å²) < 4.78 is 38.1. The Balaban J connectivity index is 2.18. The number of hydrogen-bond donors (Lipinski definition) is 2. The number of carbonyl (C=O) groups is 1. The molecule has 2 N–H and O–H groups in total. The molecule has 1 heterocycles. The first-order valence-corrected chi connectivity index (χ1v) is 6.55. The molecule has 1 atom stereocenters. The number of halogens is 4. The van der Waals surface area contributed by atoms with Gasteiger partial charge in [0.05, 0.1) is 5.56 Å². The molecule has 1 saturated heterocycles. The van der Waals surface area contributed by atoms with Crippen molar-refractivity contribution in [2.45, 2.75) is 18.6 Å². The van der Waals surface area contributed by atoms with E-state index in [9.17, 15) is 18.0 Å². The lowest BCUT2D eigenvalue weighted by molar-refractivity contribution is -0.138. The van der Waals surface area contributed by atoms with E-state index in [1.165, 1.54) is 12.1 Å². The molecular formula is C12H12BrF3N2O. The molecule has 1 aromatic rings. The quantitative estimate of drug-likeness (QED) is 0.871. The van der Waals surface area contributed by atoms with Crippen LogP contribution in [0, 0.1) is 0 Å². The van der Waals surface area contributed by atoms with Crippen molar-refractivity contribution in [3.8, 4) is 0 Å². The summed E-state index contributed by atoms with van der Waals surface area (Å²) in [4.78, 5) is 11.9. The highest BCUT2D eigenvalue weighted by atomic mass is 79.9. The molecule has 0 unspecified atom stereocenters. The lowest BCUT2D eigenvalue weighted by atomic mass is 10.1. The summed E-state index contributed by atoms with van der Waals surface area (Å²) in [5.74, 6) is -0.480. The van der Waals surface area contributed by atoms with Gasteiger partial charge in [-0.1, -0.05) is 15.9 Å². The molecule has 7 heteroatoms. The van der Waals surface area contributed by atoms with Gasteiger partial charge in [0, 0.05) is 22.6 Å². The van der Waals surface area contributed by atoms with Crippen LogP contribution in [0.5, 0.6) is 0 Å². The average Bonchev–Trinajstić information content (AvgIpc) is 2.80. The molecule has 2 rings (SSSR count). The molecule has 1 aromatic carbocycles. The minimum Gasteiger partial charge on any atom is -0.348 e. The van der Waals surface area contributed by atoms with E-state index in [0.717, 1.165) is 19.0 Å². The van der Waals surface area contributed by atoms with Crippen molar-refractivity contribution >= 4 is 21.8 Å². The van der Waals surface area contributed by atoms with E-state index < -0.39 is 17.6 Å². The van der Waals surface area contributed by atoms with E-state index in [1.54, 1.807) is 0 Å². The first-order valence-electron chi connectivity index (χ1n) is 5.76. The molecule has 0 saturated carbocycles. The zero-order valence-corrected chi connectivity index (χ0v) is 11.4. The smallest absolute Gasteiger partial charge is 0.348 e. The largest absolute Gasteiger partial charge is 0.417 e. The number of amides is 1. The van der Waals surface area contributed by atoms with Gasteiger partial charge in [0.25, 0.3) is 5.91 Å². The second-order valence-corrected chi connectivity index (χ2v) is 5.21. The lowest BCUT2D eigenvalue weighted by Crippen LogP contribution is -2.36. The second-order valence-electron chi connectivity index (χ2n) is 4.36. The Hall–Kier alpha value is -1.08. The van der Waals surface area contributed by atoms with Crippen molar-refractivity contribution in [3.05, 3.63) is 33.8 Å². The molecule has 19 heavy (non-hydrogen) atoms. The number of hydrogen-bond acceptors (Lipinski definition) is 2. The summed E-state index contributed by atoms with van der Waals surface area (Å²) in [5.41, 5.74) is -0.827. The van der Waals surface area contributed by atoms with Gasteiger partial charge in [-0.25, -0.2) is 0 Å². The highest BCUT2D eigenvalue weighted by molar-refractivity contribution is 9.10. The molecule has 0 radical (unpaired) electrons. The van der Waals surface area contributed by atoms with Crippen LogP contribution in [-0.4, -0.2) is 25.0 Å². The Bertz CT molecular complexity index is 484. The summed E-state index contributed by atoms with van der Waals surface area (Å²) in [5, 5.41) is 5.78. The molecule has 0 bridgehead atoms. The summed E-state index contributed by atoms with van der Waals surface area (Å²) in [6.07, 6.45) is -3.70. The summed E-state index contributed by atoms with van der Waals surface area (Å²) in [6, 6.07) is 3.45. The van der Waals surface area contributed by atoms with Crippen molar-refractivity contribution in [1.82, 2.24) is 10.6 Å². The zero-order valence-electron chi connectivity index (χ0n) is 9.85. The average molecular weight is 337 g/mol. The van der Waals surface area contributed by atoms with Gasteiger partial charge in [0.2, 0.25) is 0 Å². The number of benzene rings is 1. The standard InChI is InChI=1S/C12H12BrF3N2O/c13-10-2-1-7(5-9(10)12(14,15)16)11(19)18-8-3-4-17-6-8/h1-2,5,8,17H,3-4,6H2,(H,18,19)/t8-/m1/s1. The van der Waals surface area contributed by atoms with E-state index in [0.29, 0.717) is 6.54 Å². The van der Waals surface area contributed by atoms with E-state index in [2.05, 4.69) is 26.6 Å². The van der Waals surface area contributed by atoms with Crippen LogP contribution in [0.15, 0.2) is 22.7 Å². The van der Waals surface area contributed by atoms with Gasteiger partial charge >= 0.3 is 6.18 Å². The summed E-state index contributed by atoms with van der Waals surface area (Å²) >= 11 is 2.84. The Morgan fingerprint density at radius 2 is 2.16 bits per heavy atom. The van der Waals surface area contributed by atoms with Crippen molar-refractivity contribution in [1.29, 1.82) is 0 Å². The zero-order chi connectivity index (χ0) is 14.0. The lowest BCUT2D eigenvalue weighted by Gasteiger charge is -2.14. The van der Waals surface area contributed by atoms with E-state index in [4.69, 9.17) is 0 Å². The van der Waals surface area contributed by atoms with Crippen LogP contribution in [0.25, 0.3) is 0 Å². The molecule has 1 aliphatic rings. The molecule has 1 fully saturated rings. The van der Waals surface area contributed by atoms with Crippen molar-refractivity contribution in [2.75, 3.05) is 13.1 Å². The second kappa shape index (κ2) is 5.50. The van der Waals surface area contributed by atoms with Crippen LogP contribution in [0.1, 0.15) is 22.3 Å². The van der Waals surface area contributed by atoms with E-state index in [1.807, 2.05) is 0 Å². The normalized spacial score (nSPS) is 19.5. The maximum Gasteiger partial charge on any atom is 0.417 e. The van der Waals surface area contributed by atoms with Gasteiger partial charge in [-0.2, -0.15) is 13.2 Å². The minimum atomic E-state index is -4.48. The maximum atomic E-state index is 12.7. The van der Waals surface area contributed by atoms with Crippen LogP contribution >= 0.6 is 15.9 Å². The third-order valence-electron chi connectivity index (χ3n) is 2.93. The van der Waals surface area contributed by atoms with Crippen LogP contribution in [0.3, 0.4) is 0 Å². The minimum absolute atomic E-state index is 0.0161. The summed E-state index contributed by atoms with van der Waals surface area (Å²) in [7, 11) is 0.